The number of benzene rings is 1. The third kappa shape index (κ3) is 7.96. The number of ether oxygens (including phenoxy) is 1. The minimum Gasteiger partial charge on any atom is -0.380 e. The fraction of sp³-hybridized carbons (Fsp3) is 0.727. The van der Waals surface area contributed by atoms with Gasteiger partial charge in [-0.1, -0.05) is 71.3 Å². The largest absolute Gasteiger partial charge is 0.380 e. The van der Waals surface area contributed by atoms with Gasteiger partial charge in [0.2, 0.25) is 0 Å². The van der Waals surface area contributed by atoms with Crippen LogP contribution in [-0.4, -0.2) is 45.0 Å². The maximum absolute atomic E-state index is 5.71. The quantitative estimate of drug-likeness (QED) is 0.464. The number of rotatable bonds is 8. The summed E-state index contributed by atoms with van der Waals surface area (Å²) in [5, 5.41) is 0. The summed E-state index contributed by atoms with van der Waals surface area (Å²) in [7, 11) is 2.26. The Morgan fingerprint density at radius 3 is 2.20 bits per heavy atom. The molecule has 1 aromatic carbocycles. The van der Waals surface area contributed by atoms with Crippen LogP contribution in [0.2, 0.25) is 6.82 Å². The van der Waals surface area contributed by atoms with Crippen LogP contribution < -0.4 is 0 Å². The van der Waals surface area contributed by atoms with Crippen LogP contribution in [0.4, 0.5) is 0 Å². The molecule has 0 aromatic heterocycles. The van der Waals surface area contributed by atoms with E-state index in [1.165, 1.54) is 37.1 Å². The molecule has 1 fully saturated rings. The molecule has 2 nitrogen and oxygen atoms in total. The summed E-state index contributed by atoms with van der Waals surface area (Å²) in [4.78, 5) is 2.55. The highest BCUT2D eigenvalue weighted by atomic mass is 16.5. The molecule has 25 heavy (non-hydrogen) atoms. The second-order valence-corrected chi connectivity index (χ2v) is 7.37. The summed E-state index contributed by atoms with van der Waals surface area (Å²) in [6.07, 6.45) is 2.55. The van der Waals surface area contributed by atoms with Gasteiger partial charge in [0.1, 0.15) is 7.28 Å². The Labute approximate surface area is 157 Å². The van der Waals surface area contributed by atoms with Crippen molar-refractivity contribution < 1.29 is 4.74 Å². The van der Waals surface area contributed by atoms with Crippen molar-refractivity contribution in [3.63, 3.8) is 0 Å². The van der Waals surface area contributed by atoms with Gasteiger partial charge in [0, 0.05) is 13.2 Å². The molecule has 0 aliphatic carbocycles. The Kier molecular flexibility index (Phi) is 11.2. The zero-order valence-electron chi connectivity index (χ0n) is 17.4. The predicted octanol–water partition coefficient (Wildman–Crippen LogP) is 5.38. The van der Waals surface area contributed by atoms with Gasteiger partial charge in [-0.05, 0) is 49.1 Å². The lowest BCUT2D eigenvalue weighted by Gasteiger charge is -2.32. The number of hydrogen-bond donors (Lipinski definition) is 0. The van der Waals surface area contributed by atoms with Crippen molar-refractivity contribution in [1.29, 1.82) is 0 Å². The number of hydrogen-bond acceptors (Lipinski definition) is 2. The second kappa shape index (κ2) is 12.5. The highest BCUT2D eigenvalue weighted by molar-refractivity contribution is 6.35. The predicted molar refractivity (Wildman–Crippen MR) is 112 cm³/mol. The summed E-state index contributed by atoms with van der Waals surface area (Å²) < 4.78 is 5.71. The van der Waals surface area contributed by atoms with Crippen LogP contribution in [0.3, 0.4) is 0 Å². The monoisotopic (exact) mass is 344 g/mol. The number of likely N-dealkylation sites (tertiary alicyclic amines) is 1. The molecule has 1 aromatic rings. The maximum atomic E-state index is 5.71. The van der Waals surface area contributed by atoms with Crippen molar-refractivity contribution in [2.75, 3.05) is 32.8 Å². The summed E-state index contributed by atoms with van der Waals surface area (Å²) >= 11 is 0. The smallest absolute Gasteiger partial charge is 0.115 e. The minimum absolute atomic E-state index is 0.553. The average molecular weight is 344 g/mol. The molecule has 1 radical (unpaired) electrons. The van der Waals surface area contributed by atoms with E-state index >= 15 is 0 Å². The molecule has 0 N–H and O–H groups in total. The van der Waals surface area contributed by atoms with Crippen LogP contribution >= 0.6 is 0 Å². The zero-order chi connectivity index (χ0) is 18.7. The molecule has 1 saturated heterocycles. The normalized spacial score (nSPS) is 17.1. The lowest BCUT2D eigenvalue weighted by molar-refractivity contribution is 0.0780. The van der Waals surface area contributed by atoms with Crippen molar-refractivity contribution in [3.05, 3.63) is 35.4 Å². The molecule has 0 saturated carbocycles. The maximum Gasteiger partial charge on any atom is 0.115 e. The fourth-order valence-corrected chi connectivity index (χ4v) is 3.27. The summed E-state index contributed by atoms with van der Waals surface area (Å²) in [5.41, 5.74) is 2.95. The summed E-state index contributed by atoms with van der Waals surface area (Å²) in [6, 6.07) is 9.32. The molecule has 1 aliphatic rings. The first-order valence-electron chi connectivity index (χ1n) is 10.3. The Balaban J connectivity index is 0.00000151. The van der Waals surface area contributed by atoms with Gasteiger partial charge in [-0.25, -0.2) is 0 Å². The first-order valence-corrected chi connectivity index (χ1v) is 10.3. The van der Waals surface area contributed by atoms with Crippen molar-refractivity contribution in [3.8, 4) is 0 Å². The minimum atomic E-state index is 0.553. The van der Waals surface area contributed by atoms with Gasteiger partial charge in [0.05, 0.1) is 6.61 Å². The van der Waals surface area contributed by atoms with Crippen LogP contribution in [0, 0.1) is 5.92 Å². The number of piperidine rings is 1. The first kappa shape index (κ1) is 22.2. The standard InChI is InChI=1S/C20H33BNO.C2H6/c1-16(2)15-23-14-13-22-11-9-20(10-12-22)19-7-5-18(6-8-19)17(3)21-4;1-2/h5-8,16-17,20H,9-15H2,1-4H3;1-2H3. The van der Waals surface area contributed by atoms with E-state index in [0.29, 0.717) is 11.7 Å². The average Bonchev–Trinajstić information content (AvgIpc) is 2.67. The van der Waals surface area contributed by atoms with Crippen LogP contribution in [0.5, 0.6) is 0 Å². The molecule has 1 heterocycles. The molecule has 0 spiro atoms. The molecular formula is C22H39BNO. The molecular weight excluding hydrogens is 305 g/mol. The zero-order valence-corrected chi connectivity index (χ0v) is 17.4. The van der Waals surface area contributed by atoms with Gasteiger partial charge in [0.15, 0.2) is 0 Å². The van der Waals surface area contributed by atoms with Crippen molar-refractivity contribution in [2.45, 2.75) is 66.0 Å². The molecule has 0 bridgehead atoms. The first-order chi connectivity index (χ1) is 12.1. The van der Waals surface area contributed by atoms with Gasteiger partial charge < -0.3 is 9.64 Å². The Bertz CT molecular complexity index is 438. The van der Waals surface area contributed by atoms with E-state index in [2.05, 4.69) is 64.0 Å². The molecule has 0 amide bonds. The molecule has 2 rings (SSSR count). The van der Waals surface area contributed by atoms with E-state index in [0.717, 1.165) is 25.7 Å². The summed E-state index contributed by atoms with van der Waals surface area (Å²) in [6.45, 7) is 18.1. The Morgan fingerprint density at radius 2 is 1.68 bits per heavy atom. The van der Waals surface area contributed by atoms with Crippen molar-refractivity contribution >= 4 is 7.28 Å². The molecule has 141 valence electrons. The second-order valence-electron chi connectivity index (χ2n) is 7.37. The highest BCUT2D eigenvalue weighted by Crippen LogP contribution is 2.29. The van der Waals surface area contributed by atoms with Crippen LogP contribution in [0.15, 0.2) is 24.3 Å². The SMILES string of the molecule is CC.C[B]C(C)c1ccc(C2CCN(CCOCC(C)C)CC2)cc1. The Hall–Kier alpha value is -0.795. The van der Waals surface area contributed by atoms with Gasteiger partial charge >= 0.3 is 0 Å². The fourth-order valence-electron chi connectivity index (χ4n) is 3.27. The van der Waals surface area contributed by atoms with E-state index < -0.39 is 0 Å². The lowest BCUT2D eigenvalue weighted by Crippen LogP contribution is -2.35. The van der Waals surface area contributed by atoms with Crippen LogP contribution in [0.1, 0.15) is 70.3 Å². The van der Waals surface area contributed by atoms with Gasteiger partial charge in [-0.3, -0.25) is 0 Å². The topological polar surface area (TPSA) is 12.5 Å². The molecule has 1 atom stereocenters. The van der Waals surface area contributed by atoms with E-state index in [-0.39, 0.29) is 0 Å². The van der Waals surface area contributed by atoms with Gasteiger partial charge in [-0.2, -0.15) is 0 Å². The Morgan fingerprint density at radius 1 is 1.08 bits per heavy atom. The molecule has 3 heteroatoms. The third-order valence-electron chi connectivity index (χ3n) is 5.02. The number of nitrogens with zero attached hydrogens (tertiary/aromatic N) is 1. The van der Waals surface area contributed by atoms with Gasteiger partial charge in [-0.15, -0.1) is 0 Å². The van der Waals surface area contributed by atoms with Crippen LogP contribution in [-0.2, 0) is 4.74 Å². The third-order valence-corrected chi connectivity index (χ3v) is 5.02. The molecule has 1 aliphatic heterocycles. The molecule has 1 unspecified atom stereocenters. The highest BCUT2D eigenvalue weighted by Gasteiger charge is 2.20. The van der Waals surface area contributed by atoms with Gasteiger partial charge in [0.25, 0.3) is 0 Å². The van der Waals surface area contributed by atoms with Crippen LogP contribution in [0.25, 0.3) is 0 Å². The van der Waals surface area contributed by atoms with E-state index in [4.69, 9.17) is 4.74 Å². The van der Waals surface area contributed by atoms with E-state index in [9.17, 15) is 0 Å². The van der Waals surface area contributed by atoms with E-state index in [1.54, 1.807) is 0 Å². The lowest BCUT2D eigenvalue weighted by atomic mass is 9.65. The van der Waals surface area contributed by atoms with Crippen molar-refractivity contribution in [2.24, 2.45) is 5.92 Å². The van der Waals surface area contributed by atoms with E-state index in [1.807, 2.05) is 13.8 Å². The summed E-state index contributed by atoms with van der Waals surface area (Å²) in [5.74, 6) is 1.92. The van der Waals surface area contributed by atoms with Crippen molar-refractivity contribution in [1.82, 2.24) is 4.90 Å².